The summed E-state index contributed by atoms with van der Waals surface area (Å²) in [6, 6.07) is 1.78. The van der Waals surface area contributed by atoms with Gasteiger partial charge in [0.15, 0.2) is 5.82 Å². The molecule has 1 aromatic heterocycles. The monoisotopic (exact) mass is 367 g/mol. The molecule has 0 bridgehead atoms. The molecule has 1 saturated heterocycles. The molecule has 1 atom stereocenters. The average molecular weight is 368 g/mol. The third kappa shape index (κ3) is 5.23. The van der Waals surface area contributed by atoms with E-state index in [1.165, 1.54) is 0 Å². The summed E-state index contributed by atoms with van der Waals surface area (Å²) >= 11 is 1.62. The number of anilines is 1. The molecule has 1 unspecified atom stereocenters. The molecule has 1 N–H and O–H groups in total. The van der Waals surface area contributed by atoms with Crippen molar-refractivity contribution in [3.05, 3.63) is 11.8 Å². The summed E-state index contributed by atoms with van der Waals surface area (Å²) in [6.07, 6.45) is 1.00. The van der Waals surface area contributed by atoms with Crippen LogP contribution in [0.15, 0.2) is 10.6 Å². The fourth-order valence-electron chi connectivity index (χ4n) is 2.60. The number of hydrogen-bond acceptors (Lipinski definition) is 5. The van der Waals surface area contributed by atoms with Crippen LogP contribution in [-0.4, -0.2) is 45.5 Å². The van der Waals surface area contributed by atoms with Gasteiger partial charge < -0.3 is 14.7 Å². The minimum absolute atomic E-state index is 0.0901. The molecule has 0 saturated carbocycles. The number of nitrogens with zero attached hydrogens (tertiary/aromatic N) is 2. The lowest BCUT2D eigenvalue weighted by atomic mass is 9.93. The largest absolute Gasteiger partial charge is 0.359 e. The van der Waals surface area contributed by atoms with E-state index in [-0.39, 0.29) is 17.2 Å². The molecular weight excluding hydrogens is 338 g/mol. The van der Waals surface area contributed by atoms with Gasteiger partial charge in [-0.05, 0) is 31.9 Å². The van der Waals surface area contributed by atoms with Crippen LogP contribution in [0.4, 0.5) is 5.82 Å². The third-order valence-electron chi connectivity index (χ3n) is 4.45. The number of carbonyl (C=O) groups is 2. The van der Waals surface area contributed by atoms with Gasteiger partial charge in [0.2, 0.25) is 11.8 Å². The van der Waals surface area contributed by atoms with E-state index in [0.29, 0.717) is 11.7 Å². The molecule has 1 aliphatic heterocycles. The van der Waals surface area contributed by atoms with Gasteiger partial charge in [0.1, 0.15) is 5.76 Å². The summed E-state index contributed by atoms with van der Waals surface area (Å²) in [6.45, 7) is 13.1. The Morgan fingerprint density at radius 2 is 2.04 bits per heavy atom. The first-order chi connectivity index (χ1) is 11.5. The number of carbonyl (C=O) groups excluding carboxylic acids is 2. The van der Waals surface area contributed by atoms with Crippen molar-refractivity contribution < 1.29 is 14.1 Å². The minimum atomic E-state index is -0.579. The second kappa shape index (κ2) is 7.40. The van der Waals surface area contributed by atoms with E-state index in [1.807, 2.05) is 39.5 Å². The first kappa shape index (κ1) is 19.8. The van der Waals surface area contributed by atoms with E-state index >= 15 is 0 Å². The molecule has 6 nitrogen and oxygen atoms in total. The van der Waals surface area contributed by atoms with Crippen molar-refractivity contribution in [2.75, 3.05) is 24.2 Å². The van der Waals surface area contributed by atoms with Crippen molar-refractivity contribution >= 4 is 29.4 Å². The van der Waals surface area contributed by atoms with E-state index in [2.05, 4.69) is 10.5 Å². The zero-order valence-corrected chi connectivity index (χ0v) is 16.8. The number of nitrogens with one attached hydrogen (secondary N) is 1. The summed E-state index contributed by atoms with van der Waals surface area (Å²) < 4.78 is 4.73. The lowest BCUT2D eigenvalue weighted by Gasteiger charge is -2.24. The molecule has 2 heterocycles. The maximum Gasteiger partial charge on any atom is 0.241 e. The quantitative estimate of drug-likeness (QED) is 0.864. The normalized spacial score (nSPS) is 18.5. The highest BCUT2D eigenvalue weighted by molar-refractivity contribution is 8.01. The van der Waals surface area contributed by atoms with Crippen molar-refractivity contribution in [3.63, 3.8) is 0 Å². The van der Waals surface area contributed by atoms with Crippen LogP contribution in [0.2, 0.25) is 0 Å². The van der Waals surface area contributed by atoms with E-state index < -0.39 is 4.75 Å². The Morgan fingerprint density at radius 1 is 1.36 bits per heavy atom. The molecule has 0 spiro atoms. The Bertz CT molecular complexity index is 634. The van der Waals surface area contributed by atoms with Crippen molar-refractivity contribution in [2.24, 2.45) is 5.92 Å². The summed E-state index contributed by atoms with van der Waals surface area (Å²) in [7, 11) is 0. The van der Waals surface area contributed by atoms with Crippen LogP contribution < -0.4 is 5.32 Å². The van der Waals surface area contributed by atoms with Gasteiger partial charge in [-0.25, -0.2) is 0 Å². The molecule has 0 aromatic carbocycles. The zero-order chi connectivity index (χ0) is 18.8. The summed E-state index contributed by atoms with van der Waals surface area (Å²) in [4.78, 5) is 25.9. The molecule has 140 valence electrons. The average Bonchev–Trinajstić information content (AvgIpc) is 3.13. The van der Waals surface area contributed by atoms with Gasteiger partial charge in [-0.15, -0.1) is 11.8 Å². The van der Waals surface area contributed by atoms with Crippen molar-refractivity contribution in [3.8, 4) is 0 Å². The van der Waals surface area contributed by atoms with Crippen LogP contribution in [0.3, 0.4) is 0 Å². The summed E-state index contributed by atoms with van der Waals surface area (Å²) in [5.74, 6) is 2.53. The van der Waals surface area contributed by atoms with Crippen LogP contribution in [0.5, 0.6) is 0 Å². The third-order valence-corrected chi connectivity index (χ3v) is 5.99. The Labute approximate surface area is 154 Å². The van der Waals surface area contributed by atoms with Gasteiger partial charge in [-0.1, -0.05) is 25.9 Å². The standard InChI is InChI=1S/C18H29N3O3S/c1-12(22)21-8-7-13(10-21)11-25-18(5,6)16(23)19-15-9-14(24-20-15)17(2,3)4/h9,13H,7-8,10-11H2,1-6H3,(H,19,20,23). The number of hydrogen-bond donors (Lipinski definition) is 1. The number of aromatic nitrogens is 1. The highest BCUT2D eigenvalue weighted by atomic mass is 32.2. The molecule has 1 aliphatic rings. The van der Waals surface area contributed by atoms with Crippen molar-refractivity contribution in [1.29, 1.82) is 0 Å². The van der Waals surface area contributed by atoms with E-state index in [9.17, 15) is 9.59 Å². The molecule has 2 rings (SSSR count). The Morgan fingerprint density at radius 3 is 2.56 bits per heavy atom. The molecule has 2 amide bonds. The van der Waals surface area contributed by atoms with Gasteiger partial charge in [-0.3, -0.25) is 9.59 Å². The van der Waals surface area contributed by atoms with Crippen LogP contribution in [0.25, 0.3) is 0 Å². The molecule has 1 fully saturated rings. The first-order valence-electron chi connectivity index (χ1n) is 8.67. The topological polar surface area (TPSA) is 75.4 Å². The predicted octanol–water partition coefficient (Wildman–Crippen LogP) is 3.29. The molecule has 1 aromatic rings. The second-order valence-electron chi connectivity index (χ2n) is 8.22. The lowest BCUT2D eigenvalue weighted by Crippen LogP contribution is -2.35. The number of amides is 2. The SMILES string of the molecule is CC(=O)N1CCC(CSC(C)(C)C(=O)Nc2cc(C(C)(C)C)on2)C1. The number of thioether (sulfide) groups is 1. The number of rotatable bonds is 5. The predicted molar refractivity (Wildman–Crippen MR) is 101 cm³/mol. The fourth-order valence-corrected chi connectivity index (χ4v) is 3.71. The Balaban J connectivity index is 1.87. The maximum absolute atomic E-state index is 12.6. The van der Waals surface area contributed by atoms with Gasteiger partial charge in [0.25, 0.3) is 0 Å². The molecule has 0 aliphatic carbocycles. The molecule has 7 heteroatoms. The van der Waals surface area contributed by atoms with Gasteiger partial charge in [0, 0.05) is 31.5 Å². The van der Waals surface area contributed by atoms with E-state index in [4.69, 9.17) is 4.52 Å². The highest BCUT2D eigenvalue weighted by Crippen LogP contribution is 2.31. The first-order valence-corrected chi connectivity index (χ1v) is 9.66. The van der Waals surface area contributed by atoms with Crippen molar-refractivity contribution in [1.82, 2.24) is 10.1 Å². The fraction of sp³-hybridized carbons (Fsp3) is 0.722. The Hall–Kier alpha value is -1.50. The van der Waals surface area contributed by atoms with Gasteiger partial charge in [-0.2, -0.15) is 0 Å². The maximum atomic E-state index is 12.6. The molecule has 25 heavy (non-hydrogen) atoms. The molecule has 0 radical (unpaired) electrons. The smallest absolute Gasteiger partial charge is 0.241 e. The van der Waals surface area contributed by atoms with Gasteiger partial charge >= 0.3 is 0 Å². The van der Waals surface area contributed by atoms with E-state index in [0.717, 1.165) is 31.0 Å². The highest BCUT2D eigenvalue weighted by Gasteiger charge is 2.32. The molecular formula is C18H29N3O3S. The Kier molecular flexibility index (Phi) is 5.86. The second-order valence-corrected chi connectivity index (χ2v) is 9.86. The number of likely N-dealkylation sites (tertiary alicyclic amines) is 1. The van der Waals surface area contributed by atoms with Crippen LogP contribution in [0.1, 0.15) is 53.7 Å². The summed E-state index contributed by atoms with van der Waals surface area (Å²) in [5.41, 5.74) is -0.148. The van der Waals surface area contributed by atoms with Crippen molar-refractivity contribution in [2.45, 2.75) is 58.1 Å². The van der Waals surface area contributed by atoms with Crippen LogP contribution in [0, 0.1) is 5.92 Å². The van der Waals surface area contributed by atoms with Crippen LogP contribution in [-0.2, 0) is 15.0 Å². The van der Waals surface area contributed by atoms with Crippen LogP contribution >= 0.6 is 11.8 Å². The zero-order valence-electron chi connectivity index (χ0n) is 16.0. The lowest BCUT2D eigenvalue weighted by molar-refractivity contribution is -0.127. The minimum Gasteiger partial charge on any atom is -0.359 e. The van der Waals surface area contributed by atoms with Gasteiger partial charge in [0.05, 0.1) is 4.75 Å². The van der Waals surface area contributed by atoms with E-state index in [1.54, 1.807) is 24.8 Å². The summed E-state index contributed by atoms with van der Waals surface area (Å²) in [5, 5.41) is 6.79.